The molecule has 11 heteroatoms. The van der Waals surface area contributed by atoms with Crippen LogP contribution in [-0.2, 0) is 0 Å². The molecule has 0 spiro atoms. The van der Waals surface area contributed by atoms with Crippen LogP contribution in [0.1, 0.15) is 0 Å². The number of hydrogen-bond donors (Lipinski definition) is 0. The SMILES string of the molecule is C(CSC(CSCC(CSC1CSC1)SCCSC1CSC1)CSC1CSC1)SC1CSC1. The molecule has 4 aliphatic heterocycles. The lowest BCUT2D eigenvalue weighted by molar-refractivity contribution is 1.05. The third-order valence-corrected chi connectivity index (χ3v) is 22.9. The first-order valence-electron chi connectivity index (χ1n) is 11.9. The monoisotopic (exact) mass is 654 g/mol. The van der Waals surface area contributed by atoms with Gasteiger partial charge in [0, 0.05) is 124 Å². The third-order valence-electron chi connectivity index (χ3n) is 5.65. The summed E-state index contributed by atoms with van der Waals surface area (Å²) in [6, 6.07) is 0. The van der Waals surface area contributed by atoms with Gasteiger partial charge in [-0.3, -0.25) is 0 Å². The molecule has 0 radical (unpaired) electrons. The third kappa shape index (κ3) is 12.3. The number of hydrogen-bond acceptors (Lipinski definition) is 11. The molecule has 4 saturated heterocycles. The van der Waals surface area contributed by atoms with Crippen LogP contribution in [0, 0.1) is 0 Å². The Morgan fingerprint density at radius 2 is 0.818 bits per heavy atom. The van der Waals surface area contributed by atoms with Crippen molar-refractivity contribution in [2.45, 2.75) is 31.5 Å². The van der Waals surface area contributed by atoms with E-state index in [-0.39, 0.29) is 0 Å². The van der Waals surface area contributed by atoms with E-state index >= 15 is 0 Å². The Balaban J connectivity index is 1.12. The Labute approximate surface area is 250 Å². The molecule has 0 bridgehead atoms. The predicted molar refractivity (Wildman–Crippen MR) is 184 cm³/mol. The summed E-state index contributed by atoms with van der Waals surface area (Å²) < 4.78 is 0. The minimum absolute atomic E-state index is 0.856. The zero-order chi connectivity index (χ0) is 22.6. The van der Waals surface area contributed by atoms with Crippen molar-refractivity contribution in [3.63, 3.8) is 0 Å². The van der Waals surface area contributed by atoms with Crippen molar-refractivity contribution in [3.8, 4) is 0 Å². The second-order valence-corrected chi connectivity index (χ2v) is 22.2. The quantitative estimate of drug-likeness (QED) is 0.121. The molecule has 4 fully saturated rings. The van der Waals surface area contributed by atoms with Gasteiger partial charge in [0.1, 0.15) is 0 Å². The number of thioether (sulfide) groups is 11. The van der Waals surface area contributed by atoms with E-state index < -0.39 is 0 Å². The standard InChI is InChI=1S/C22H38S11/c1(28-17-5-23-6-17)3-30-21(15-32-19-9-25-10-19)13-27-14-22(16-33-20-11-26-12-20)31-4-2-29-18-7-24-8-18/h17-22H,1-16H2. The van der Waals surface area contributed by atoms with Crippen molar-refractivity contribution < 1.29 is 0 Å². The van der Waals surface area contributed by atoms with Gasteiger partial charge in [0.25, 0.3) is 0 Å². The lowest BCUT2D eigenvalue weighted by atomic mass is 10.5. The van der Waals surface area contributed by atoms with Gasteiger partial charge in [-0.15, -0.1) is 0 Å². The van der Waals surface area contributed by atoms with Gasteiger partial charge in [-0.25, -0.2) is 0 Å². The maximum Gasteiger partial charge on any atom is 0.0229 e. The van der Waals surface area contributed by atoms with Crippen molar-refractivity contribution in [1.82, 2.24) is 0 Å². The summed E-state index contributed by atoms with van der Waals surface area (Å²) in [5, 5.41) is 5.56. The lowest BCUT2D eigenvalue weighted by Crippen LogP contribution is -2.25. The van der Waals surface area contributed by atoms with Gasteiger partial charge in [-0.1, -0.05) is 0 Å². The summed E-state index contributed by atoms with van der Waals surface area (Å²) in [4.78, 5) is 0. The smallest absolute Gasteiger partial charge is 0.0229 e. The predicted octanol–water partition coefficient (Wildman–Crippen LogP) is 7.32. The molecule has 0 aliphatic carbocycles. The summed E-state index contributed by atoms with van der Waals surface area (Å²) in [5.41, 5.74) is 0. The van der Waals surface area contributed by atoms with Crippen LogP contribution in [0.3, 0.4) is 0 Å². The van der Waals surface area contributed by atoms with Crippen LogP contribution in [0.5, 0.6) is 0 Å². The first-order valence-corrected chi connectivity index (χ1v) is 24.0. The zero-order valence-electron chi connectivity index (χ0n) is 19.3. The summed E-state index contributed by atoms with van der Waals surface area (Å²) in [6.07, 6.45) is 0. The van der Waals surface area contributed by atoms with Crippen molar-refractivity contribution in [2.75, 3.05) is 92.0 Å². The van der Waals surface area contributed by atoms with Gasteiger partial charge >= 0.3 is 0 Å². The molecule has 4 rings (SSSR count). The van der Waals surface area contributed by atoms with Crippen LogP contribution in [-0.4, -0.2) is 124 Å². The van der Waals surface area contributed by atoms with E-state index in [1.165, 1.54) is 92.0 Å². The highest BCUT2D eigenvalue weighted by Gasteiger charge is 2.24. The molecule has 2 atom stereocenters. The van der Waals surface area contributed by atoms with Crippen LogP contribution >= 0.6 is 129 Å². The molecule has 33 heavy (non-hydrogen) atoms. The Morgan fingerprint density at radius 1 is 0.455 bits per heavy atom. The summed E-state index contributed by atoms with van der Waals surface area (Å²) in [6.45, 7) is 0. The van der Waals surface area contributed by atoms with Gasteiger partial charge in [0.2, 0.25) is 0 Å². The number of rotatable bonds is 20. The fourth-order valence-electron chi connectivity index (χ4n) is 3.21. The van der Waals surface area contributed by atoms with Gasteiger partial charge in [0.15, 0.2) is 0 Å². The Hall–Kier alpha value is 3.85. The van der Waals surface area contributed by atoms with Crippen molar-refractivity contribution in [1.29, 1.82) is 0 Å². The van der Waals surface area contributed by atoms with Gasteiger partial charge in [-0.05, 0) is 0 Å². The topological polar surface area (TPSA) is 0 Å². The van der Waals surface area contributed by atoms with E-state index in [9.17, 15) is 0 Å². The van der Waals surface area contributed by atoms with E-state index in [1.54, 1.807) is 0 Å². The van der Waals surface area contributed by atoms with E-state index in [2.05, 4.69) is 129 Å². The van der Waals surface area contributed by atoms with Crippen LogP contribution in [0.25, 0.3) is 0 Å². The molecule has 0 amide bonds. The summed E-state index contributed by atoms with van der Waals surface area (Å²) in [5.74, 6) is 22.2. The Kier molecular flexibility index (Phi) is 16.5. The van der Waals surface area contributed by atoms with Crippen LogP contribution in [0.2, 0.25) is 0 Å². The molecule has 192 valence electrons. The Bertz CT molecular complexity index is 465. The van der Waals surface area contributed by atoms with E-state index in [4.69, 9.17) is 0 Å². The summed E-state index contributed by atoms with van der Waals surface area (Å²) >= 11 is 24.4. The molecule has 4 aliphatic rings. The first-order chi connectivity index (χ1) is 16.3. The fraction of sp³-hybridized carbons (Fsp3) is 1.00. The molecule has 0 saturated carbocycles. The first kappa shape index (κ1) is 29.8. The van der Waals surface area contributed by atoms with Crippen molar-refractivity contribution in [3.05, 3.63) is 0 Å². The minimum atomic E-state index is 0.856. The van der Waals surface area contributed by atoms with E-state index in [0.29, 0.717) is 0 Å². The molecule has 2 unspecified atom stereocenters. The molecular formula is C22H38S11. The normalized spacial score (nSPS) is 24.0. The second kappa shape index (κ2) is 18.2. The summed E-state index contributed by atoms with van der Waals surface area (Å²) in [7, 11) is 0. The lowest BCUT2D eigenvalue weighted by Gasteiger charge is -2.28. The van der Waals surface area contributed by atoms with Crippen molar-refractivity contribution >= 4 is 129 Å². The highest BCUT2D eigenvalue weighted by molar-refractivity contribution is 8.11. The average molecular weight is 655 g/mol. The molecule has 4 heterocycles. The molecular weight excluding hydrogens is 617 g/mol. The van der Waals surface area contributed by atoms with Crippen LogP contribution in [0.15, 0.2) is 0 Å². The molecule has 0 aromatic rings. The van der Waals surface area contributed by atoms with Crippen LogP contribution in [0.4, 0.5) is 0 Å². The van der Waals surface area contributed by atoms with Gasteiger partial charge in [-0.2, -0.15) is 129 Å². The van der Waals surface area contributed by atoms with Crippen molar-refractivity contribution in [2.24, 2.45) is 0 Å². The molecule has 0 aromatic heterocycles. The van der Waals surface area contributed by atoms with Gasteiger partial charge in [0.05, 0.1) is 0 Å². The highest BCUT2D eigenvalue weighted by Crippen LogP contribution is 2.36. The molecule has 0 N–H and O–H groups in total. The largest absolute Gasteiger partial charge is 0.160 e. The Morgan fingerprint density at radius 3 is 1.15 bits per heavy atom. The van der Waals surface area contributed by atoms with Crippen LogP contribution < -0.4 is 0 Å². The second-order valence-electron chi connectivity index (χ2n) is 8.57. The van der Waals surface area contributed by atoms with E-state index in [1.807, 2.05) is 0 Å². The maximum absolute atomic E-state index is 2.29. The van der Waals surface area contributed by atoms with E-state index in [0.717, 1.165) is 31.5 Å². The molecule has 0 nitrogen and oxygen atoms in total. The van der Waals surface area contributed by atoms with Gasteiger partial charge < -0.3 is 0 Å². The fourth-order valence-corrected chi connectivity index (χ4v) is 18.2. The average Bonchev–Trinajstić information content (AvgIpc) is 2.67. The molecule has 0 aromatic carbocycles. The zero-order valence-corrected chi connectivity index (χ0v) is 28.3. The highest BCUT2D eigenvalue weighted by atomic mass is 32.2. The maximum atomic E-state index is 2.29. The minimum Gasteiger partial charge on any atom is -0.160 e.